The minimum atomic E-state index is -4.26. The molecule has 0 aromatic heterocycles. The second-order valence-electron chi connectivity index (χ2n) is 3.79. The number of aliphatic hydroxyl groups is 1. The summed E-state index contributed by atoms with van der Waals surface area (Å²) in [4.78, 5) is 10.3. The molecule has 1 aromatic rings. The molecule has 1 aromatic carbocycles. The van der Waals surface area contributed by atoms with E-state index in [0.717, 1.165) is 18.2 Å². The van der Waals surface area contributed by atoms with Crippen LogP contribution in [0.4, 0.5) is 8.78 Å². The minimum absolute atomic E-state index is 0.0720. The summed E-state index contributed by atoms with van der Waals surface area (Å²) in [6, 6.07) is 3.06. The molecule has 0 aliphatic carbocycles. The Morgan fingerprint density at radius 3 is 2.45 bits per heavy atom. The van der Waals surface area contributed by atoms with E-state index in [0.29, 0.717) is 0 Å². The molecule has 112 valence electrons. The predicted octanol–water partition coefficient (Wildman–Crippen LogP) is 1.05. The number of nitrogens with one attached hydrogen (secondary N) is 1. The van der Waals surface area contributed by atoms with Crippen LogP contribution in [-0.4, -0.2) is 43.7 Å². The van der Waals surface area contributed by atoms with Gasteiger partial charge in [0.2, 0.25) is 10.0 Å². The van der Waals surface area contributed by atoms with Crippen LogP contribution in [-0.2, 0) is 10.0 Å². The second-order valence-corrected chi connectivity index (χ2v) is 6.38. The summed E-state index contributed by atoms with van der Waals surface area (Å²) in [7, 11) is -4.26. The fourth-order valence-corrected chi connectivity index (χ4v) is 3.32. The lowest BCUT2D eigenvalue weighted by atomic mass is 10.2. The second kappa shape index (κ2) is 6.12. The van der Waals surface area contributed by atoms with Crippen LogP contribution in [0, 0.1) is 0 Å². The number of carbonyl (C=O) groups is 1. The zero-order chi connectivity index (χ0) is 15.6. The smallest absolute Gasteiger partial charge is 0.335 e. The van der Waals surface area contributed by atoms with Crippen molar-refractivity contribution in [2.45, 2.75) is 10.8 Å². The van der Waals surface area contributed by atoms with Gasteiger partial charge in [-0.3, -0.25) is 0 Å². The largest absolute Gasteiger partial charge is 0.478 e. The summed E-state index contributed by atoms with van der Waals surface area (Å²) < 4.78 is 50.8. The molecule has 0 spiro atoms. The molecule has 1 rings (SSSR count). The molecule has 0 aliphatic rings. The van der Waals surface area contributed by atoms with Crippen LogP contribution in [0.3, 0.4) is 0 Å². The summed E-state index contributed by atoms with van der Waals surface area (Å²) in [5.74, 6) is -4.84. The van der Waals surface area contributed by atoms with E-state index in [4.69, 9.17) is 10.2 Å². The number of aromatic carboxylic acids is 1. The van der Waals surface area contributed by atoms with E-state index in [-0.39, 0.29) is 14.9 Å². The zero-order valence-corrected chi connectivity index (χ0v) is 12.2. The normalized spacial score (nSPS) is 12.4. The van der Waals surface area contributed by atoms with E-state index in [2.05, 4.69) is 15.9 Å². The Morgan fingerprint density at radius 1 is 1.40 bits per heavy atom. The third kappa shape index (κ3) is 4.20. The maximum Gasteiger partial charge on any atom is 0.335 e. The highest BCUT2D eigenvalue weighted by atomic mass is 79.9. The Hall–Kier alpha value is -1.10. The van der Waals surface area contributed by atoms with Crippen molar-refractivity contribution < 1.29 is 32.2 Å². The van der Waals surface area contributed by atoms with Crippen molar-refractivity contribution >= 4 is 31.9 Å². The highest BCUT2D eigenvalue weighted by Gasteiger charge is 2.30. The molecule has 0 unspecified atom stereocenters. The number of rotatable bonds is 6. The van der Waals surface area contributed by atoms with E-state index < -0.39 is 35.1 Å². The molecule has 6 nitrogen and oxygen atoms in total. The van der Waals surface area contributed by atoms with Crippen molar-refractivity contribution in [3.8, 4) is 0 Å². The summed E-state index contributed by atoms with van der Waals surface area (Å²) in [6.07, 6.45) is 0. The van der Waals surface area contributed by atoms with Crippen LogP contribution in [0.1, 0.15) is 10.4 Å². The number of alkyl halides is 2. The first-order valence-corrected chi connectivity index (χ1v) is 7.38. The van der Waals surface area contributed by atoms with Crippen LogP contribution in [0.2, 0.25) is 0 Å². The van der Waals surface area contributed by atoms with E-state index in [1.165, 1.54) is 0 Å². The Morgan fingerprint density at radius 2 is 2.00 bits per heavy atom. The molecule has 0 saturated heterocycles. The van der Waals surface area contributed by atoms with Gasteiger partial charge in [-0.05, 0) is 34.1 Å². The lowest BCUT2D eigenvalue weighted by Crippen LogP contribution is -2.39. The van der Waals surface area contributed by atoms with Crippen LogP contribution in [0.15, 0.2) is 27.6 Å². The van der Waals surface area contributed by atoms with Crippen molar-refractivity contribution in [1.29, 1.82) is 0 Å². The van der Waals surface area contributed by atoms with Gasteiger partial charge in [0.15, 0.2) is 0 Å². The molecule has 0 amide bonds. The lowest BCUT2D eigenvalue weighted by Gasteiger charge is -2.15. The van der Waals surface area contributed by atoms with Gasteiger partial charge in [0.1, 0.15) is 6.61 Å². The van der Waals surface area contributed by atoms with Gasteiger partial charge in [0.25, 0.3) is 5.92 Å². The number of carboxylic acids is 1. The first-order chi connectivity index (χ1) is 9.09. The van der Waals surface area contributed by atoms with Crippen molar-refractivity contribution in [2.75, 3.05) is 13.2 Å². The topological polar surface area (TPSA) is 104 Å². The fourth-order valence-electron chi connectivity index (χ4n) is 1.19. The molecule has 20 heavy (non-hydrogen) atoms. The maximum absolute atomic E-state index is 12.8. The lowest BCUT2D eigenvalue weighted by molar-refractivity contribution is -0.0437. The van der Waals surface area contributed by atoms with Gasteiger partial charge in [-0.2, -0.15) is 0 Å². The summed E-state index contributed by atoms with van der Waals surface area (Å²) in [5, 5.41) is 17.1. The third-order valence-electron chi connectivity index (χ3n) is 2.22. The van der Waals surface area contributed by atoms with Gasteiger partial charge < -0.3 is 10.2 Å². The molecule has 0 atom stereocenters. The number of sulfonamides is 1. The SMILES string of the molecule is O=C(O)c1ccc(S(=O)(=O)NCC(F)(F)CO)c(Br)c1. The van der Waals surface area contributed by atoms with Crippen LogP contribution >= 0.6 is 15.9 Å². The number of hydrogen-bond donors (Lipinski definition) is 3. The molecule has 0 aliphatic heterocycles. The zero-order valence-electron chi connectivity index (χ0n) is 9.81. The summed E-state index contributed by atoms with van der Waals surface area (Å²) in [6.45, 7) is -2.76. The van der Waals surface area contributed by atoms with E-state index >= 15 is 0 Å². The van der Waals surface area contributed by atoms with E-state index in [9.17, 15) is 22.0 Å². The standard InChI is InChI=1S/C10H10BrF2NO5S/c11-7-3-6(9(16)17)1-2-8(7)20(18,19)14-4-10(12,13)5-15/h1-3,14-15H,4-5H2,(H,16,17). The van der Waals surface area contributed by atoms with Crippen LogP contribution in [0.25, 0.3) is 0 Å². The molecule has 0 saturated carbocycles. The Bertz CT molecular complexity index is 620. The van der Waals surface area contributed by atoms with Gasteiger partial charge in [0, 0.05) is 4.47 Å². The average Bonchev–Trinajstić information content (AvgIpc) is 2.36. The van der Waals surface area contributed by atoms with Gasteiger partial charge in [-0.15, -0.1) is 0 Å². The van der Waals surface area contributed by atoms with Gasteiger partial charge in [-0.1, -0.05) is 0 Å². The average molecular weight is 374 g/mol. The molecule has 3 N–H and O–H groups in total. The van der Waals surface area contributed by atoms with Gasteiger partial charge >= 0.3 is 5.97 Å². The molecular formula is C10H10BrF2NO5S. The highest BCUT2D eigenvalue weighted by Crippen LogP contribution is 2.23. The first kappa shape index (κ1) is 17.0. The van der Waals surface area contributed by atoms with Crippen molar-refractivity contribution in [2.24, 2.45) is 0 Å². The molecule has 0 bridgehead atoms. The quantitative estimate of drug-likeness (QED) is 0.691. The Balaban J connectivity index is 3.02. The minimum Gasteiger partial charge on any atom is -0.478 e. The first-order valence-electron chi connectivity index (χ1n) is 5.10. The third-order valence-corrected chi connectivity index (χ3v) is 4.60. The summed E-state index contributed by atoms with van der Waals surface area (Å²) in [5.41, 5.74) is -0.156. The Kier molecular flexibility index (Phi) is 5.19. The van der Waals surface area contributed by atoms with Crippen molar-refractivity contribution in [3.63, 3.8) is 0 Å². The monoisotopic (exact) mass is 373 g/mol. The number of hydrogen-bond acceptors (Lipinski definition) is 4. The van der Waals surface area contributed by atoms with E-state index in [1.807, 2.05) is 0 Å². The highest BCUT2D eigenvalue weighted by molar-refractivity contribution is 9.10. The Labute approximate surface area is 121 Å². The van der Waals surface area contributed by atoms with Crippen LogP contribution in [0.5, 0.6) is 0 Å². The van der Waals surface area contributed by atoms with Gasteiger partial charge in [-0.25, -0.2) is 26.7 Å². The summed E-state index contributed by atoms with van der Waals surface area (Å²) >= 11 is 2.87. The molecule has 0 radical (unpaired) electrons. The molecule has 0 fully saturated rings. The number of aliphatic hydroxyl groups excluding tert-OH is 1. The number of benzene rings is 1. The number of carboxylic acid groups (broad SMARTS) is 1. The number of halogens is 3. The maximum atomic E-state index is 12.8. The fraction of sp³-hybridized carbons (Fsp3) is 0.300. The van der Waals surface area contributed by atoms with Crippen LogP contribution < -0.4 is 4.72 Å². The predicted molar refractivity (Wildman–Crippen MR) is 68.3 cm³/mol. The molecular weight excluding hydrogens is 364 g/mol. The van der Waals surface area contributed by atoms with E-state index in [1.54, 1.807) is 4.72 Å². The molecule has 0 heterocycles. The molecule has 10 heteroatoms. The van der Waals surface area contributed by atoms with Gasteiger partial charge in [0.05, 0.1) is 17.0 Å². The van der Waals surface area contributed by atoms with Crippen molar-refractivity contribution in [3.05, 3.63) is 28.2 Å². The van der Waals surface area contributed by atoms with Crippen molar-refractivity contribution in [1.82, 2.24) is 4.72 Å².